The van der Waals surface area contributed by atoms with Crippen molar-refractivity contribution in [3.05, 3.63) is 65.5 Å². The summed E-state index contributed by atoms with van der Waals surface area (Å²) in [5.41, 5.74) is 2.92. The van der Waals surface area contributed by atoms with E-state index in [1.807, 2.05) is 55.5 Å². The molecule has 3 aromatic rings. The van der Waals surface area contributed by atoms with E-state index in [1.54, 1.807) is 13.3 Å². The molecular weight excluding hydrogens is 306 g/mol. The van der Waals surface area contributed by atoms with Gasteiger partial charge in [-0.25, -0.2) is 0 Å². The lowest BCUT2D eigenvalue weighted by atomic mass is 10.2. The number of ether oxygens (including phenoxy) is 1. The number of benzene rings is 2. The fourth-order valence-corrected chi connectivity index (χ4v) is 2.10. The molecule has 122 valence electrons. The zero-order chi connectivity index (χ0) is 16.8. The van der Waals surface area contributed by atoms with Gasteiger partial charge in [0.1, 0.15) is 5.75 Å². The maximum absolute atomic E-state index is 5.29. The lowest BCUT2D eigenvalue weighted by molar-refractivity contribution is 0.107. The number of hydrogen-bond acceptors (Lipinski definition) is 6. The van der Waals surface area contributed by atoms with Gasteiger partial charge < -0.3 is 14.1 Å². The van der Waals surface area contributed by atoms with Crippen molar-refractivity contribution in [3.8, 4) is 17.1 Å². The minimum absolute atomic E-state index is 0.102. The van der Waals surface area contributed by atoms with Crippen LogP contribution in [0.5, 0.6) is 5.75 Å². The number of methoxy groups -OCH3 is 1. The van der Waals surface area contributed by atoms with Gasteiger partial charge >= 0.3 is 0 Å². The van der Waals surface area contributed by atoms with Crippen molar-refractivity contribution >= 4 is 6.21 Å². The molecule has 0 saturated heterocycles. The van der Waals surface area contributed by atoms with E-state index in [9.17, 15) is 0 Å². The summed E-state index contributed by atoms with van der Waals surface area (Å²) in [6.45, 7) is 2.14. The summed E-state index contributed by atoms with van der Waals surface area (Å²) in [5.74, 6) is 1.48. The molecule has 0 radical (unpaired) electrons. The number of oxime groups is 1. The molecule has 0 aliphatic rings. The van der Waals surface area contributed by atoms with Crippen LogP contribution in [0.2, 0.25) is 0 Å². The molecule has 2 aromatic carbocycles. The predicted molar refractivity (Wildman–Crippen MR) is 89.8 cm³/mol. The normalized spacial score (nSPS) is 10.9. The summed E-state index contributed by atoms with van der Waals surface area (Å²) in [7, 11) is 1.60. The quantitative estimate of drug-likeness (QED) is 0.512. The van der Waals surface area contributed by atoms with E-state index in [4.69, 9.17) is 14.1 Å². The van der Waals surface area contributed by atoms with Gasteiger partial charge in [0.2, 0.25) is 5.82 Å². The molecule has 6 nitrogen and oxygen atoms in total. The van der Waals surface area contributed by atoms with E-state index in [2.05, 4.69) is 15.3 Å². The number of aryl methyl sites for hydroxylation is 1. The van der Waals surface area contributed by atoms with E-state index < -0.39 is 0 Å². The molecule has 1 aromatic heterocycles. The Kier molecular flexibility index (Phi) is 4.86. The summed E-state index contributed by atoms with van der Waals surface area (Å²) in [6, 6.07) is 15.4. The third-order valence-electron chi connectivity index (χ3n) is 3.36. The molecule has 0 aliphatic carbocycles. The molecule has 0 spiro atoms. The summed E-state index contributed by atoms with van der Waals surface area (Å²) < 4.78 is 10.5. The van der Waals surface area contributed by atoms with Crippen molar-refractivity contribution in [3.63, 3.8) is 0 Å². The van der Waals surface area contributed by atoms with Crippen molar-refractivity contribution in [2.75, 3.05) is 7.11 Å². The lowest BCUT2D eigenvalue weighted by Gasteiger charge is -2.02. The van der Waals surface area contributed by atoms with Crippen molar-refractivity contribution in [1.82, 2.24) is 10.1 Å². The Hall–Kier alpha value is -3.15. The number of rotatable bonds is 6. The average molecular weight is 323 g/mol. The second kappa shape index (κ2) is 7.41. The Morgan fingerprint density at radius 2 is 1.92 bits per heavy atom. The maximum atomic E-state index is 5.29. The number of hydrogen-bond donors (Lipinski definition) is 0. The molecule has 0 atom stereocenters. The minimum atomic E-state index is 0.102. The first kappa shape index (κ1) is 15.7. The molecule has 0 amide bonds. The zero-order valence-electron chi connectivity index (χ0n) is 13.5. The highest BCUT2D eigenvalue weighted by molar-refractivity contribution is 5.79. The second-order valence-corrected chi connectivity index (χ2v) is 5.13. The van der Waals surface area contributed by atoms with Crippen molar-refractivity contribution < 1.29 is 14.1 Å². The van der Waals surface area contributed by atoms with Crippen LogP contribution in [0.4, 0.5) is 0 Å². The van der Waals surface area contributed by atoms with Gasteiger partial charge in [-0.1, -0.05) is 52.3 Å². The van der Waals surface area contributed by atoms with E-state index in [-0.39, 0.29) is 6.61 Å². The van der Waals surface area contributed by atoms with Gasteiger partial charge in [0.05, 0.1) is 18.9 Å². The summed E-state index contributed by atoms with van der Waals surface area (Å²) in [5, 5.41) is 7.85. The minimum Gasteiger partial charge on any atom is -0.496 e. The fraction of sp³-hybridized carbons (Fsp3) is 0.167. The van der Waals surface area contributed by atoms with Crippen LogP contribution in [-0.4, -0.2) is 23.5 Å². The summed E-state index contributed by atoms with van der Waals surface area (Å²) in [6.07, 6.45) is 1.64. The molecule has 24 heavy (non-hydrogen) atoms. The van der Waals surface area contributed by atoms with E-state index in [0.29, 0.717) is 17.5 Å². The van der Waals surface area contributed by atoms with E-state index >= 15 is 0 Å². The number of aromatic nitrogens is 2. The van der Waals surface area contributed by atoms with Gasteiger partial charge in [-0.2, -0.15) is 4.98 Å². The zero-order valence-corrected chi connectivity index (χ0v) is 13.5. The largest absolute Gasteiger partial charge is 0.496 e. The SMILES string of the molecule is COc1ccccc1-c1noc(CO/N=C\c2ccc(C)cc2)n1. The molecule has 0 bridgehead atoms. The molecule has 0 unspecified atom stereocenters. The Bertz CT molecular complexity index is 826. The molecule has 0 fully saturated rings. The highest BCUT2D eigenvalue weighted by Crippen LogP contribution is 2.27. The molecular formula is C18H17N3O3. The molecule has 1 heterocycles. The Morgan fingerprint density at radius 1 is 1.12 bits per heavy atom. The van der Waals surface area contributed by atoms with Gasteiger partial charge in [-0.15, -0.1) is 0 Å². The van der Waals surface area contributed by atoms with Crippen LogP contribution in [0.15, 0.2) is 58.2 Å². The summed E-state index contributed by atoms with van der Waals surface area (Å²) in [4.78, 5) is 9.49. The first-order chi connectivity index (χ1) is 11.8. The Balaban J connectivity index is 1.61. The van der Waals surface area contributed by atoms with Gasteiger partial charge in [0.25, 0.3) is 5.89 Å². The summed E-state index contributed by atoms with van der Waals surface area (Å²) >= 11 is 0. The van der Waals surface area contributed by atoms with Crippen molar-refractivity contribution in [1.29, 1.82) is 0 Å². The topological polar surface area (TPSA) is 69.7 Å². The smallest absolute Gasteiger partial charge is 0.267 e. The molecule has 0 saturated carbocycles. The van der Waals surface area contributed by atoms with E-state index in [1.165, 1.54) is 5.56 Å². The maximum Gasteiger partial charge on any atom is 0.267 e. The van der Waals surface area contributed by atoms with E-state index in [0.717, 1.165) is 11.1 Å². The van der Waals surface area contributed by atoms with Crippen LogP contribution in [0.25, 0.3) is 11.4 Å². The lowest BCUT2D eigenvalue weighted by Crippen LogP contribution is -1.91. The third-order valence-corrected chi connectivity index (χ3v) is 3.36. The fourth-order valence-electron chi connectivity index (χ4n) is 2.10. The van der Waals surface area contributed by atoms with Crippen LogP contribution in [0, 0.1) is 6.92 Å². The Morgan fingerprint density at radius 3 is 2.71 bits per heavy atom. The average Bonchev–Trinajstić information content (AvgIpc) is 3.09. The van der Waals surface area contributed by atoms with Crippen molar-refractivity contribution in [2.45, 2.75) is 13.5 Å². The highest BCUT2D eigenvalue weighted by atomic mass is 16.6. The molecule has 0 aliphatic heterocycles. The molecule has 0 N–H and O–H groups in total. The first-order valence-corrected chi connectivity index (χ1v) is 7.44. The molecule has 6 heteroatoms. The van der Waals surface area contributed by atoms with Crippen LogP contribution in [-0.2, 0) is 11.4 Å². The molecule has 3 rings (SSSR count). The van der Waals surface area contributed by atoms with Gasteiger partial charge in [0, 0.05) is 0 Å². The first-order valence-electron chi connectivity index (χ1n) is 7.44. The van der Waals surface area contributed by atoms with Gasteiger partial charge in [-0.3, -0.25) is 0 Å². The predicted octanol–water partition coefficient (Wildman–Crippen LogP) is 3.60. The van der Waals surface area contributed by atoms with Crippen LogP contribution in [0.1, 0.15) is 17.0 Å². The van der Waals surface area contributed by atoms with Crippen LogP contribution < -0.4 is 4.74 Å². The third kappa shape index (κ3) is 3.78. The number of para-hydroxylation sites is 1. The number of nitrogens with zero attached hydrogens (tertiary/aromatic N) is 3. The van der Waals surface area contributed by atoms with Crippen LogP contribution in [0.3, 0.4) is 0 Å². The van der Waals surface area contributed by atoms with Gasteiger partial charge in [0.15, 0.2) is 6.61 Å². The highest BCUT2D eigenvalue weighted by Gasteiger charge is 2.12. The monoisotopic (exact) mass is 323 g/mol. The van der Waals surface area contributed by atoms with Gasteiger partial charge in [-0.05, 0) is 24.6 Å². The standard InChI is InChI=1S/C18H17N3O3/c1-13-7-9-14(10-8-13)11-19-23-12-17-20-18(21-24-17)15-5-3-4-6-16(15)22-2/h3-11H,12H2,1-2H3/b19-11-. The van der Waals surface area contributed by atoms with Crippen LogP contribution >= 0.6 is 0 Å². The van der Waals surface area contributed by atoms with Crippen molar-refractivity contribution in [2.24, 2.45) is 5.16 Å². The second-order valence-electron chi connectivity index (χ2n) is 5.13. The Labute approximate surface area is 139 Å².